The predicted octanol–water partition coefficient (Wildman–Crippen LogP) is 0.155. The second-order valence-corrected chi connectivity index (χ2v) is 2.50. The first-order valence-corrected chi connectivity index (χ1v) is 3.57. The van der Waals surface area contributed by atoms with E-state index in [1.54, 1.807) is 13.8 Å². The molecule has 2 atom stereocenters. The molecule has 0 rings (SSSR count). The molecule has 0 aromatic heterocycles. The van der Waals surface area contributed by atoms with Crippen LogP contribution in [0.4, 0.5) is 0 Å². The van der Waals surface area contributed by atoms with Crippen LogP contribution in [0.25, 0.3) is 0 Å². The summed E-state index contributed by atoms with van der Waals surface area (Å²) in [4.78, 5) is 0. The van der Waals surface area contributed by atoms with Gasteiger partial charge >= 0.3 is 0 Å². The lowest BCUT2D eigenvalue weighted by atomic mass is 10.3. The highest BCUT2D eigenvalue weighted by atomic mass is 16.5. The van der Waals surface area contributed by atoms with Gasteiger partial charge in [0.05, 0.1) is 18.8 Å². The zero-order valence-electron chi connectivity index (χ0n) is 6.58. The van der Waals surface area contributed by atoms with Crippen LogP contribution in [-0.2, 0) is 4.74 Å². The lowest BCUT2D eigenvalue weighted by molar-refractivity contribution is 0.0101. The summed E-state index contributed by atoms with van der Waals surface area (Å²) >= 11 is 0. The Bertz CT molecular complexity index is 73.3. The van der Waals surface area contributed by atoms with Crippen LogP contribution < -0.4 is 0 Å². The van der Waals surface area contributed by atoms with E-state index in [2.05, 4.69) is 0 Å². The maximum absolute atomic E-state index is 8.80. The Labute approximate surface area is 61.6 Å². The van der Waals surface area contributed by atoms with Crippen molar-refractivity contribution in [2.45, 2.75) is 32.5 Å². The molecule has 0 amide bonds. The van der Waals surface area contributed by atoms with Crippen molar-refractivity contribution in [2.24, 2.45) is 0 Å². The molecule has 0 spiro atoms. The average Bonchev–Trinajstić information content (AvgIpc) is 1.87. The SMILES string of the molecule is CC(O)CCOC(C)CO. The Morgan fingerprint density at radius 3 is 2.40 bits per heavy atom. The van der Waals surface area contributed by atoms with E-state index >= 15 is 0 Å². The summed E-state index contributed by atoms with van der Waals surface area (Å²) in [5.41, 5.74) is 0. The van der Waals surface area contributed by atoms with E-state index in [1.807, 2.05) is 0 Å². The van der Waals surface area contributed by atoms with Gasteiger partial charge in [0.1, 0.15) is 0 Å². The maximum atomic E-state index is 8.80. The molecule has 0 radical (unpaired) electrons. The van der Waals surface area contributed by atoms with Gasteiger partial charge < -0.3 is 14.9 Å². The number of ether oxygens (including phenoxy) is 1. The Morgan fingerprint density at radius 1 is 1.40 bits per heavy atom. The summed E-state index contributed by atoms with van der Waals surface area (Å²) in [6.45, 7) is 4.06. The quantitative estimate of drug-likeness (QED) is 0.583. The number of hydrogen-bond donors (Lipinski definition) is 2. The molecule has 0 bridgehead atoms. The van der Waals surface area contributed by atoms with Crippen molar-refractivity contribution in [3.8, 4) is 0 Å². The fourth-order valence-corrected chi connectivity index (χ4v) is 0.492. The molecule has 0 aromatic rings. The largest absolute Gasteiger partial charge is 0.394 e. The van der Waals surface area contributed by atoms with Crippen molar-refractivity contribution in [1.82, 2.24) is 0 Å². The molecule has 2 N–H and O–H groups in total. The van der Waals surface area contributed by atoms with Crippen molar-refractivity contribution >= 4 is 0 Å². The van der Waals surface area contributed by atoms with Crippen LogP contribution in [0.2, 0.25) is 0 Å². The first kappa shape index (κ1) is 9.88. The first-order valence-electron chi connectivity index (χ1n) is 3.57. The summed E-state index contributed by atoms with van der Waals surface area (Å²) in [5.74, 6) is 0. The van der Waals surface area contributed by atoms with Crippen LogP contribution in [0.5, 0.6) is 0 Å². The summed E-state index contributed by atoms with van der Waals surface area (Å²) < 4.78 is 5.09. The molecule has 62 valence electrons. The van der Waals surface area contributed by atoms with Gasteiger partial charge in [0.15, 0.2) is 0 Å². The third-order valence-electron chi connectivity index (χ3n) is 1.20. The predicted molar refractivity (Wildman–Crippen MR) is 38.8 cm³/mol. The number of aliphatic hydroxyl groups excluding tert-OH is 2. The third-order valence-corrected chi connectivity index (χ3v) is 1.20. The minimum absolute atomic E-state index is 0.0415. The highest BCUT2D eigenvalue weighted by Gasteiger charge is 2.00. The Morgan fingerprint density at radius 2 is 2.00 bits per heavy atom. The molecule has 0 aliphatic heterocycles. The lowest BCUT2D eigenvalue weighted by Gasteiger charge is -2.10. The normalized spacial score (nSPS) is 16.8. The molecule has 10 heavy (non-hydrogen) atoms. The van der Waals surface area contributed by atoms with Gasteiger partial charge in [0.25, 0.3) is 0 Å². The Hall–Kier alpha value is -0.120. The van der Waals surface area contributed by atoms with Gasteiger partial charge in [-0.25, -0.2) is 0 Å². The first-order chi connectivity index (χ1) is 4.66. The van der Waals surface area contributed by atoms with Gasteiger partial charge in [0.2, 0.25) is 0 Å². The number of rotatable bonds is 5. The Kier molecular flexibility index (Phi) is 5.58. The molecule has 3 nitrogen and oxygen atoms in total. The highest BCUT2D eigenvalue weighted by Crippen LogP contribution is 1.94. The summed E-state index contributed by atoms with van der Waals surface area (Å²) in [5, 5.41) is 17.3. The van der Waals surface area contributed by atoms with Crippen LogP contribution in [0.15, 0.2) is 0 Å². The van der Waals surface area contributed by atoms with Crippen molar-refractivity contribution in [3.05, 3.63) is 0 Å². The fourth-order valence-electron chi connectivity index (χ4n) is 0.492. The molecule has 0 saturated heterocycles. The van der Waals surface area contributed by atoms with E-state index in [0.29, 0.717) is 13.0 Å². The van der Waals surface area contributed by atoms with E-state index in [-0.39, 0.29) is 18.8 Å². The molecule has 3 heteroatoms. The van der Waals surface area contributed by atoms with Gasteiger partial charge in [-0.3, -0.25) is 0 Å². The molecular formula is C7H16O3. The molecule has 0 fully saturated rings. The monoisotopic (exact) mass is 148 g/mol. The Balaban J connectivity index is 3.03. The molecule has 0 saturated carbocycles. The van der Waals surface area contributed by atoms with E-state index in [0.717, 1.165) is 0 Å². The van der Waals surface area contributed by atoms with Gasteiger partial charge in [-0.15, -0.1) is 0 Å². The van der Waals surface area contributed by atoms with Gasteiger partial charge in [-0.2, -0.15) is 0 Å². The minimum atomic E-state index is -0.314. The second kappa shape index (κ2) is 5.65. The topological polar surface area (TPSA) is 49.7 Å². The van der Waals surface area contributed by atoms with Crippen LogP contribution in [0.3, 0.4) is 0 Å². The van der Waals surface area contributed by atoms with Crippen molar-refractivity contribution in [1.29, 1.82) is 0 Å². The molecule has 0 aromatic carbocycles. The zero-order chi connectivity index (χ0) is 7.98. The van der Waals surface area contributed by atoms with Gasteiger partial charge in [-0.05, 0) is 20.3 Å². The zero-order valence-corrected chi connectivity index (χ0v) is 6.58. The fraction of sp³-hybridized carbons (Fsp3) is 1.00. The van der Waals surface area contributed by atoms with Crippen molar-refractivity contribution in [2.75, 3.05) is 13.2 Å². The van der Waals surface area contributed by atoms with Crippen LogP contribution in [0.1, 0.15) is 20.3 Å². The molecule has 0 heterocycles. The van der Waals surface area contributed by atoms with Crippen molar-refractivity contribution in [3.63, 3.8) is 0 Å². The van der Waals surface area contributed by atoms with Crippen LogP contribution in [-0.4, -0.2) is 35.6 Å². The standard InChI is InChI=1S/C7H16O3/c1-6(9)3-4-10-7(2)5-8/h6-9H,3-5H2,1-2H3. The van der Waals surface area contributed by atoms with Crippen LogP contribution >= 0.6 is 0 Å². The molecular weight excluding hydrogens is 132 g/mol. The van der Waals surface area contributed by atoms with Gasteiger partial charge in [-0.1, -0.05) is 0 Å². The summed E-state index contributed by atoms with van der Waals surface area (Å²) in [7, 11) is 0. The second-order valence-electron chi connectivity index (χ2n) is 2.50. The molecule has 0 aliphatic carbocycles. The highest BCUT2D eigenvalue weighted by molar-refractivity contribution is 4.48. The van der Waals surface area contributed by atoms with Gasteiger partial charge in [0, 0.05) is 6.61 Å². The van der Waals surface area contributed by atoms with Crippen LogP contribution in [0, 0.1) is 0 Å². The summed E-state index contributed by atoms with van der Waals surface area (Å²) in [6, 6.07) is 0. The smallest absolute Gasteiger partial charge is 0.0777 e. The number of aliphatic hydroxyl groups is 2. The van der Waals surface area contributed by atoms with E-state index in [9.17, 15) is 0 Å². The lowest BCUT2D eigenvalue weighted by Crippen LogP contribution is -2.15. The number of hydrogen-bond acceptors (Lipinski definition) is 3. The van der Waals surface area contributed by atoms with Crippen molar-refractivity contribution < 1.29 is 14.9 Å². The maximum Gasteiger partial charge on any atom is 0.0777 e. The van der Waals surface area contributed by atoms with E-state index < -0.39 is 0 Å². The average molecular weight is 148 g/mol. The van der Waals surface area contributed by atoms with E-state index in [1.165, 1.54) is 0 Å². The third kappa shape index (κ3) is 6.01. The molecule has 2 unspecified atom stereocenters. The molecule has 0 aliphatic rings. The van der Waals surface area contributed by atoms with E-state index in [4.69, 9.17) is 14.9 Å². The minimum Gasteiger partial charge on any atom is -0.394 e. The summed E-state index contributed by atoms with van der Waals surface area (Å²) in [6.07, 6.45) is 0.203.